The Bertz CT molecular complexity index is 357. The number of hydrogen-bond acceptors (Lipinski definition) is 1. The number of hydrogen-bond donors (Lipinski definition) is 1. The highest BCUT2D eigenvalue weighted by Gasteiger charge is 2.13. The maximum absolute atomic E-state index is 6.43. The van der Waals surface area contributed by atoms with E-state index in [2.05, 4.69) is 39.0 Å². The van der Waals surface area contributed by atoms with Crippen molar-refractivity contribution in [3.8, 4) is 0 Å². The van der Waals surface area contributed by atoms with Crippen LogP contribution in [0.5, 0.6) is 0 Å². The fourth-order valence-electron chi connectivity index (χ4n) is 2.83. The molecule has 0 aliphatic rings. The van der Waals surface area contributed by atoms with Crippen molar-refractivity contribution in [2.24, 2.45) is 5.73 Å². The normalized spacial score (nSPS) is 12.6. The maximum atomic E-state index is 6.43. The molecule has 0 aliphatic carbocycles. The van der Waals surface area contributed by atoms with E-state index in [0.29, 0.717) is 0 Å². The van der Waals surface area contributed by atoms with Crippen LogP contribution in [0.15, 0.2) is 18.2 Å². The van der Waals surface area contributed by atoms with Gasteiger partial charge in [-0.25, -0.2) is 0 Å². The summed E-state index contributed by atoms with van der Waals surface area (Å²) in [5.74, 6) is 0. The fourth-order valence-corrected chi connectivity index (χ4v) is 2.83. The highest BCUT2D eigenvalue weighted by atomic mass is 14.6. The van der Waals surface area contributed by atoms with Crippen molar-refractivity contribution >= 4 is 0 Å². The lowest BCUT2D eigenvalue weighted by Gasteiger charge is -2.19. The average Bonchev–Trinajstić information content (AvgIpc) is 2.41. The van der Waals surface area contributed by atoms with Gasteiger partial charge in [-0.1, -0.05) is 71.1 Å². The summed E-state index contributed by atoms with van der Waals surface area (Å²) in [7, 11) is 0. The first kappa shape index (κ1) is 16.2. The van der Waals surface area contributed by atoms with Crippen LogP contribution >= 0.6 is 0 Å². The van der Waals surface area contributed by atoms with Gasteiger partial charge in [-0.3, -0.25) is 0 Å². The van der Waals surface area contributed by atoms with Gasteiger partial charge in [-0.05, 0) is 36.0 Å². The van der Waals surface area contributed by atoms with E-state index >= 15 is 0 Å². The molecule has 19 heavy (non-hydrogen) atoms. The summed E-state index contributed by atoms with van der Waals surface area (Å²) in [5, 5.41) is 0. The van der Waals surface area contributed by atoms with Gasteiger partial charge >= 0.3 is 0 Å². The van der Waals surface area contributed by atoms with Gasteiger partial charge in [0.2, 0.25) is 0 Å². The maximum Gasteiger partial charge on any atom is 0.0297 e. The van der Waals surface area contributed by atoms with E-state index in [1.807, 2.05) is 0 Å². The van der Waals surface area contributed by atoms with Gasteiger partial charge in [0.15, 0.2) is 0 Å². The van der Waals surface area contributed by atoms with Gasteiger partial charge in [0.25, 0.3) is 0 Å². The molecule has 0 fully saturated rings. The molecule has 0 radical (unpaired) electrons. The topological polar surface area (TPSA) is 26.0 Å². The molecule has 2 N–H and O–H groups in total. The lowest BCUT2D eigenvalue weighted by Crippen LogP contribution is -2.14. The molecule has 0 spiro atoms. The predicted molar refractivity (Wildman–Crippen MR) is 85.5 cm³/mol. The molecule has 108 valence electrons. The third-order valence-electron chi connectivity index (χ3n) is 3.85. The number of nitrogens with two attached hydrogens (primary N) is 1. The minimum atomic E-state index is 0.227. The van der Waals surface area contributed by atoms with Crippen molar-refractivity contribution in [1.82, 2.24) is 0 Å². The highest BCUT2D eigenvalue weighted by Crippen LogP contribution is 2.26. The van der Waals surface area contributed by atoms with E-state index in [0.717, 1.165) is 6.42 Å². The zero-order valence-electron chi connectivity index (χ0n) is 13.0. The molecule has 0 aliphatic heterocycles. The Morgan fingerprint density at radius 2 is 1.68 bits per heavy atom. The monoisotopic (exact) mass is 261 g/mol. The number of unbranched alkanes of at least 4 members (excludes halogenated alkanes) is 2. The SMILES string of the molecule is CCCCCC(N)c1cccc(CCC)c1CCC. The van der Waals surface area contributed by atoms with Crippen LogP contribution in [0.3, 0.4) is 0 Å². The van der Waals surface area contributed by atoms with Gasteiger partial charge in [-0.15, -0.1) is 0 Å². The molecule has 0 saturated carbocycles. The summed E-state index contributed by atoms with van der Waals surface area (Å²) in [6.45, 7) is 6.76. The number of benzene rings is 1. The fraction of sp³-hybridized carbons (Fsp3) is 0.667. The molecule has 0 aromatic heterocycles. The Hall–Kier alpha value is -0.820. The zero-order valence-corrected chi connectivity index (χ0v) is 13.0. The average molecular weight is 261 g/mol. The van der Waals surface area contributed by atoms with E-state index in [9.17, 15) is 0 Å². The van der Waals surface area contributed by atoms with Crippen LogP contribution in [0.2, 0.25) is 0 Å². The number of aryl methyl sites for hydroxylation is 1. The first-order valence-corrected chi connectivity index (χ1v) is 8.10. The summed E-state index contributed by atoms with van der Waals surface area (Å²) in [4.78, 5) is 0. The molecule has 1 rings (SSSR count). The molecule has 1 aromatic carbocycles. The third kappa shape index (κ3) is 4.99. The smallest absolute Gasteiger partial charge is 0.0297 e. The third-order valence-corrected chi connectivity index (χ3v) is 3.85. The molecular weight excluding hydrogens is 230 g/mol. The van der Waals surface area contributed by atoms with E-state index in [1.54, 1.807) is 0 Å². The molecular formula is C18H31N. The minimum absolute atomic E-state index is 0.227. The second-order valence-corrected chi connectivity index (χ2v) is 5.59. The van der Waals surface area contributed by atoms with Crippen molar-refractivity contribution in [2.45, 2.75) is 78.2 Å². The summed E-state index contributed by atoms with van der Waals surface area (Å²) in [5.41, 5.74) is 10.9. The first-order valence-electron chi connectivity index (χ1n) is 8.10. The Kier molecular flexibility index (Phi) is 7.81. The Balaban J connectivity index is 2.87. The van der Waals surface area contributed by atoms with Crippen molar-refractivity contribution in [2.75, 3.05) is 0 Å². The summed E-state index contributed by atoms with van der Waals surface area (Å²) >= 11 is 0. The zero-order chi connectivity index (χ0) is 14.1. The van der Waals surface area contributed by atoms with Crippen LogP contribution in [0.4, 0.5) is 0 Å². The molecule has 0 amide bonds. The van der Waals surface area contributed by atoms with Gasteiger partial charge in [0.05, 0.1) is 0 Å². The molecule has 1 unspecified atom stereocenters. The Morgan fingerprint density at radius 3 is 2.32 bits per heavy atom. The van der Waals surface area contributed by atoms with Gasteiger partial charge in [0.1, 0.15) is 0 Å². The van der Waals surface area contributed by atoms with Crippen LogP contribution in [0.25, 0.3) is 0 Å². The lowest BCUT2D eigenvalue weighted by atomic mass is 9.89. The van der Waals surface area contributed by atoms with E-state index in [-0.39, 0.29) is 6.04 Å². The summed E-state index contributed by atoms with van der Waals surface area (Å²) in [6, 6.07) is 6.96. The van der Waals surface area contributed by atoms with Crippen LogP contribution in [-0.2, 0) is 12.8 Å². The molecule has 0 bridgehead atoms. The molecule has 1 heteroatoms. The quantitative estimate of drug-likeness (QED) is 0.610. The van der Waals surface area contributed by atoms with Crippen LogP contribution < -0.4 is 5.73 Å². The molecule has 1 atom stereocenters. The number of rotatable bonds is 9. The first-order chi connectivity index (χ1) is 9.24. The van der Waals surface area contributed by atoms with Crippen molar-refractivity contribution in [3.05, 3.63) is 34.9 Å². The second kappa shape index (κ2) is 9.14. The van der Waals surface area contributed by atoms with Crippen molar-refractivity contribution in [1.29, 1.82) is 0 Å². The predicted octanol–water partition coefficient (Wildman–Crippen LogP) is 5.17. The van der Waals surface area contributed by atoms with Gasteiger partial charge in [0, 0.05) is 6.04 Å². The molecule has 0 saturated heterocycles. The van der Waals surface area contributed by atoms with Crippen molar-refractivity contribution in [3.63, 3.8) is 0 Å². The van der Waals surface area contributed by atoms with E-state index < -0.39 is 0 Å². The Labute approximate surface area is 119 Å². The largest absolute Gasteiger partial charge is 0.324 e. The van der Waals surface area contributed by atoms with Crippen LogP contribution in [0, 0.1) is 0 Å². The summed E-state index contributed by atoms with van der Waals surface area (Å²) < 4.78 is 0. The lowest BCUT2D eigenvalue weighted by molar-refractivity contribution is 0.576. The second-order valence-electron chi connectivity index (χ2n) is 5.59. The molecule has 1 nitrogen and oxygen atoms in total. The van der Waals surface area contributed by atoms with E-state index in [1.165, 1.54) is 61.6 Å². The van der Waals surface area contributed by atoms with Crippen molar-refractivity contribution < 1.29 is 0 Å². The molecule has 0 heterocycles. The summed E-state index contributed by atoms with van der Waals surface area (Å²) in [6.07, 6.45) is 9.72. The van der Waals surface area contributed by atoms with Gasteiger partial charge < -0.3 is 5.73 Å². The van der Waals surface area contributed by atoms with Crippen LogP contribution in [-0.4, -0.2) is 0 Å². The molecule has 1 aromatic rings. The van der Waals surface area contributed by atoms with Gasteiger partial charge in [-0.2, -0.15) is 0 Å². The minimum Gasteiger partial charge on any atom is -0.324 e. The highest BCUT2D eigenvalue weighted by molar-refractivity contribution is 5.37. The van der Waals surface area contributed by atoms with Crippen LogP contribution in [0.1, 0.15) is 82.0 Å². The van der Waals surface area contributed by atoms with E-state index in [4.69, 9.17) is 5.73 Å². The Morgan fingerprint density at radius 1 is 0.947 bits per heavy atom. The standard InChI is InChI=1S/C18H31N/c1-4-7-8-14-18(19)17-13-9-12-15(10-5-2)16(17)11-6-3/h9,12-13,18H,4-8,10-11,14,19H2,1-3H3.